The summed E-state index contributed by atoms with van der Waals surface area (Å²) in [4.78, 5) is 12.4. The van der Waals surface area contributed by atoms with Crippen molar-refractivity contribution in [3.63, 3.8) is 0 Å². The van der Waals surface area contributed by atoms with Crippen molar-refractivity contribution in [1.82, 2.24) is 0 Å². The molecule has 0 unspecified atom stereocenters. The van der Waals surface area contributed by atoms with E-state index < -0.39 is 0 Å². The maximum absolute atomic E-state index is 12.4. The van der Waals surface area contributed by atoms with Crippen LogP contribution >= 0.6 is 0 Å². The third-order valence-electron chi connectivity index (χ3n) is 5.31. The van der Waals surface area contributed by atoms with Gasteiger partial charge in [-0.3, -0.25) is 4.79 Å². The van der Waals surface area contributed by atoms with E-state index in [-0.39, 0.29) is 10.8 Å². The van der Waals surface area contributed by atoms with Crippen LogP contribution in [0.15, 0.2) is 0 Å². The molecule has 0 saturated heterocycles. The highest BCUT2D eigenvalue weighted by Gasteiger charge is 2.68. The zero-order valence-electron chi connectivity index (χ0n) is 10.6. The van der Waals surface area contributed by atoms with Crippen LogP contribution < -0.4 is 0 Å². The van der Waals surface area contributed by atoms with Gasteiger partial charge in [-0.15, -0.1) is 0 Å². The summed E-state index contributed by atoms with van der Waals surface area (Å²) >= 11 is 0. The maximum Gasteiger partial charge on any atom is 0.140 e. The second-order valence-corrected chi connectivity index (χ2v) is 6.61. The van der Waals surface area contributed by atoms with Gasteiger partial charge in [-0.1, -0.05) is 47.0 Å². The molecule has 0 N–H and O–H groups in total. The highest BCUT2D eigenvalue weighted by atomic mass is 16.1. The first-order chi connectivity index (χ1) is 6.89. The number of carbonyl (C=O) groups excluding carboxylic acids is 1. The molecule has 0 aliphatic heterocycles. The van der Waals surface area contributed by atoms with Crippen LogP contribution in [0.1, 0.15) is 59.8 Å². The molecule has 15 heavy (non-hydrogen) atoms. The number of hydrogen-bond acceptors (Lipinski definition) is 1. The van der Waals surface area contributed by atoms with Crippen LogP contribution in [0.5, 0.6) is 0 Å². The molecular formula is C14H24O. The third kappa shape index (κ3) is 1.55. The van der Waals surface area contributed by atoms with Crippen LogP contribution in [-0.4, -0.2) is 5.78 Å². The predicted molar refractivity (Wildman–Crippen MR) is 62.6 cm³/mol. The fourth-order valence-corrected chi connectivity index (χ4v) is 3.53. The largest absolute Gasteiger partial charge is 0.299 e. The minimum absolute atomic E-state index is 0.238. The predicted octanol–water partition coefficient (Wildman–Crippen LogP) is 3.82. The van der Waals surface area contributed by atoms with Gasteiger partial charge in [0.2, 0.25) is 0 Å². The third-order valence-corrected chi connectivity index (χ3v) is 5.31. The average molecular weight is 208 g/mol. The van der Waals surface area contributed by atoms with Crippen molar-refractivity contribution in [2.24, 2.45) is 22.7 Å². The summed E-state index contributed by atoms with van der Waals surface area (Å²) in [7, 11) is 0. The molecule has 0 heterocycles. The van der Waals surface area contributed by atoms with Crippen LogP contribution in [0.3, 0.4) is 0 Å². The molecule has 1 nitrogen and oxygen atoms in total. The zero-order chi connectivity index (χ0) is 11.3. The van der Waals surface area contributed by atoms with Gasteiger partial charge in [0.05, 0.1) is 0 Å². The first kappa shape index (κ1) is 11.2. The molecular weight excluding hydrogens is 184 g/mol. The van der Waals surface area contributed by atoms with Crippen molar-refractivity contribution in [3.05, 3.63) is 0 Å². The highest BCUT2D eigenvalue weighted by Crippen LogP contribution is 2.69. The Bertz CT molecular complexity index is 255. The quantitative estimate of drug-likeness (QED) is 0.674. The van der Waals surface area contributed by atoms with Gasteiger partial charge in [-0.25, -0.2) is 0 Å². The molecule has 2 fully saturated rings. The molecule has 2 aliphatic carbocycles. The SMILES string of the molecule is CC1(C)C(C(=O)C2CCCCC2)C1(C)C. The van der Waals surface area contributed by atoms with Gasteiger partial charge < -0.3 is 0 Å². The van der Waals surface area contributed by atoms with Gasteiger partial charge in [0.1, 0.15) is 5.78 Å². The Balaban J connectivity index is 2.04. The van der Waals surface area contributed by atoms with Gasteiger partial charge in [0.15, 0.2) is 0 Å². The fourth-order valence-electron chi connectivity index (χ4n) is 3.53. The molecule has 0 aromatic heterocycles. The molecule has 0 bridgehead atoms. The van der Waals surface area contributed by atoms with Crippen LogP contribution in [0, 0.1) is 22.7 Å². The first-order valence-corrected chi connectivity index (χ1v) is 6.43. The molecule has 0 amide bonds. The Hall–Kier alpha value is -0.330. The van der Waals surface area contributed by atoms with Crippen molar-refractivity contribution in [2.45, 2.75) is 59.8 Å². The van der Waals surface area contributed by atoms with Gasteiger partial charge in [0.25, 0.3) is 0 Å². The number of rotatable bonds is 2. The first-order valence-electron chi connectivity index (χ1n) is 6.43. The van der Waals surface area contributed by atoms with Crippen molar-refractivity contribution in [3.8, 4) is 0 Å². The van der Waals surface area contributed by atoms with Crippen LogP contribution in [-0.2, 0) is 4.79 Å². The Labute approximate surface area is 93.6 Å². The van der Waals surface area contributed by atoms with Gasteiger partial charge in [-0.05, 0) is 23.7 Å². The lowest BCUT2D eigenvalue weighted by atomic mass is 9.83. The fraction of sp³-hybridized carbons (Fsp3) is 0.929. The normalized spacial score (nSPS) is 30.1. The van der Waals surface area contributed by atoms with E-state index in [1.165, 1.54) is 19.3 Å². The van der Waals surface area contributed by atoms with E-state index in [0.717, 1.165) is 12.8 Å². The lowest BCUT2D eigenvalue weighted by Crippen LogP contribution is -2.21. The molecule has 0 aromatic rings. The lowest BCUT2D eigenvalue weighted by molar-refractivity contribution is -0.126. The van der Waals surface area contributed by atoms with Crippen LogP contribution in [0.25, 0.3) is 0 Å². The Morgan fingerprint density at radius 2 is 1.40 bits per heavy atom. The smallest absolute Gasteiger partial charge is 0.140 e. The van der Waals surface area contributed by atoms with Crippen LogP contribution in [0.2, 0.25) is 0 Å². The minimum Gasteiger partial charge on any atom is -0.299 e. The molecule has 0 aromatic carbocycles. The summed E-state index contributed by atoms with van der Waals surface area (Å²) in [6, 6.07) is 0. The van der Waals surface area contributed by atoms with Crippen molar-refractivity contribution in [2.75, 3.05) is 0 Å². The number of ketones is 1. The summed E-state index contributed by atoms with van der Waals surface area (Å²) in [5.74, 6) is 1.29. The summed E-state index contributed by atoms with van der Waals surface area (Å²) in [6.45, 7) is 8.99. The molecule has 0 radical (unpaired) electrons. The summed E-state index contributed by atoms with van der Waals surface area (Å²) < 4.78 is 0. The van der Waals surface area contributed by atoms with E-state index in [0.29, 0.717) is 17.6 Å². The minimum atomic E-state index is 0.238. The monoisotopic (exact) mass is 208 g/mol. The van der Waals surface area contributed by atoms with E-state index in [1.54, 1.807) is 0 Å². The molecule has 2 aliphatic rings. The summed E-state index contributed by atoms with van der Waals surface area (Å²) in [5.41, 5.74) is 0.475. The molecule has 0 spiro atoms. The average Bonchev–Trinajstić information content (AvgIpc) is 2.58. The van der Waals surface area contributed by atoms with Gasteiger partial charge in [0, 0.05) is 11.8 Å². The number of Topliss-reactive ketones (excluding diaryl/α,β-unsaturated/α-hetero) is 1. The summed E-state index contributed by atoms with van der Waals surface area (Å²) in [5, 5.41) is 0. The summed E-state index contributed by atoms with van der Waals surface area (Å²) in [6.07, 6.45) is 6.18. The highest BCUT2D eigenvalue weighted by molar-refractivity contribution is 5.88. The van der Waals surface area contributed by atoms with Crippen molar-refractivity contribution < 1.29 is 4.79 Å². The van der Waals surface area contributed by atoms with Crippen molar-refractivity contribution in [1.29, 1.82) is 0 Å². The zero-order valence-corrected chi connectivity index (χ0v) is 10.6. The van der Waals surface area contributed by atoms with Gasteiger partial charge >= 0.3 is 0 Å². The van der Waals surface area contributed by atoms with E-state index in [1.807, 2.05) is 0 Å². The van der Waals surface area contributed by atoms with Crippen molar-refractivity contribution >= 4 is 5.78 Å². The Morgan fingerprint density at radius 3 is 1.80 bits per heavy atom. The number of carbonyl (C=O) groups is 1. The Kier molecular flexibility index (Phi) is 2.48. The lowest BCUT2D eigenvalue weighted by Gasteiger charge is -2.21. The molecule has 86 valence electrons. The standard InChI is InChI=1S/C14H24O/c1-13(2)12(14(13,3)4)11(15)10-8-6-5-7-9-10/h10,12H,5-9H2,1-4H3. The molecule has 2 rings (SSSR count). The van der Waals surface area contributed by atoms with E-state index in [4.69, 9.17) is 0 Å². The molecule has 2 saturated carbocycles. The second kappa shape index (κ2) is 3.33. The Morgan fingerprint density at radius 1 is 0.933 bits per heavy atom. The van der Waals surface area contributed by atoms with E-state index in [2.05, 4.69) is 27.7 Å². The topological polar surface area (TPSA) is 17.1 Å². The van der Waals surface area contributed by atoms with E-state index >= 15 is 0 Å². The second-order valence-electron chi connectivity index (χ2n) is 6.61. The van der Waals surface area contributed by atoms with Crippen LogP contribution in [0.4, 0.5) is 0 Å². The van der Waals surface area contributed by atoms with E-state index in [9.17, 15) is 4.79 Å². The van der Waals surface area contributed by atoms with Gasteiger partial charge in [-0.2, -0.15) is 0 Å². The molecule has 0 atom stereocenters. The maximum atomic E-state index is 12.4. The number of hydrogen-bond donors (Lipinski definition) is 0. The molecule has 1 heteroatoms.